The predicted octanol–water partition coefficient (Wildman–Crippen LogP) is 0.120. The summed E-state index contributed by atoms with van der Waals surface area (Å²) >= 11 is 0. The summed E-state index contributed by atoms with van der Waals surface area (Å²) in [5.41, 5.74) is -0.874. The quantitative estimate of drug-likeness (QED) is 0.362. The lowest BCUT2D eigenvalue weighted by Gasteiger charge is -2.60. The van der Waals surface area contributed by atoms with Crippen molar-refractivity contribution in [2.45, 2.75) is 101 Å². The molecule has 4 N–H and O–H groups in total. The van der Waals surface area contributed by atoms with Crippen LogP contribution in [0.2, 0.25) is 0 Å². The average molecular weight is 505 g/mol. The highest BCUT2D eigenvalue weighted by Crippen LogP contribution is 2.60. The van der Waals surface area contributed by atoms with E-state index in [9.17, 15) is 25.2 Å². The van der Waals surface area contributed by atoms with Crippen LogP contribution >= 0.6 is 0 Å². The van der Waals surface area contributed by atoms with Crippen LogP contribution < -0.4 is 0 Å². The zero-order chi connectivity index (χ0) is 25.1. The molecule has 5 aliphatic heterocycles. The van der Waals surface area contributed by atoms with Crippen molar-refractivity contribution in [1.82, 2.24) is 0 Å². The van der Waals surface area contributed by atoms with Gasteiger partial charge in [-0.3, -0.25) is 0 Å². The number of carboxylic acid groups (broad SMARTS) is 1. The number of fused-ring (bicyclic) bond motifs is 2. The number of aliphatic hydroxyl groups is 3. The molecule has 35 heavy (non-hydrogen) atoms. The van der Waals surface area contributed by atoms with E-state index in [2.05, 4.69) is 6.92 Å². The van der Waals surface area contributed by atoms with Crippen molar-refractivity contribution in [3.05, 3.63) is 0 Å². The Kier molecular flexibility index (Phi) is 6.92. The molecule has 1 spiro atoms. The molecular weight excluding hydrogens is 468 g/mol. The molecule has 12 heteroatoms. The summed E-state index contributed by atoms with van der Waals surface area (Å²) in [6, 6.07) is 0. The first-order chi connectivity index (χ1) is 16.6. The zero-order valence-corrected chi connectivity index (χ0v) is 20.1. The Morgan fingerprint density at radius 3 is 2.46 bits per heavy atom. The third kappa shape index (κ3) is 4.12. The van der Waals surface area contributed by atoms with Gasteiger partial charge in [-0.2, -0.15) is 0 Å². The summed E-state index contributed by atoms with van der Waals surface area (Å²) in [5, 5.41) is 39.7. The summed E-state index contributed by atoms with van der Waals surface area (Å²) in [6.45, 7) is 6.45. The molecule has 0 aromatic heterocycles. The number of ether oxygens (including phenoxy) is 5. The maximum absolute atomic E-state index is 11.4. The van der Waals surface area contributed by atoms with Crippen molar-refractivity contribution in [1.29, 1.82) is 0 Å². The molecule has 13 atom stereocenters. The van der Waals surface area contributed by atoms with E-state index >= 15 is 0 Å². The van der Waals surface area contributed by atoms with E-state index in [1.807, 2.05) is 13.8 Å². The van der Waals surface area contributed by atoms with Crippen LogP contribution in [0.5, 0.6) is 0 Å². The van der Waals surface area contributed by atoms with Gasteiger partial charge in [0.05, 0.1) is 6.61 Å². The van der Waals surface area contributed by atoms with E-state index in [0.29, 0.717) is 13.0 Å². The number of hydrogen-bond acceptors (Lipinski definition) is 11. The molecule has 0 aromatic rings. The molecule has 2 bridgehead atoms. The van der Waals surface area contributed by atoms with Crippen LogP contribution in [0.15, 0.2) is 0 Å². The van der Waals surface area contributed by atoms with Gasteiger partial charge in [0.1, 0.15) is 18.3 Å². The van der Waals surface area contributed by atoms with Crippen molar-refractivity contribution in [3.63, 3.8) is 0 Å². The molecular formula is C23H36O12. The SMILES string of the molecule is CCO[C@H]1O[C@@H]2O[C@@]3(C)CC[C@H]4[C@H](CO[C@@H]5O[C@H](C(=O)O)[C@@H](O)[C@H](O)[C@H]5O)CC[C@@H]([C@H]1C)[C@@]24OO3. The van der Waals surface area contributed by atoms with Gasteiger partial charge in [0.2, 0.25) is 5.79 Å². The molecule has 0 radical (unpaired) electrons. The number of aliphatic carboxylic acids is 1. The van der Waals surface area contributed by atoms with Crippen LogP contribution in [0.1, 0.15) is 46.5 Å². The minimum atomic E-state index is -1.77. The van der Waals surface area contributed by atoms with Crippen molar-refractivity contribution in [2.24, 2.45) is 23.7 Å². The van der Waals surface area contributed by atoms with Crippen LogP contribution in [-0.2, 0) is 38.3 Å². The maximum Gasteiger partial charge on any atom is 0.335 e. The van der Waals surface area contributed by atoms with E-state index < -0.39 is 60.6 Å². The molecule has 0 unspecified atom stereocenters. The van der Waals surface area contributed by atoms with Gasteiger partial charge in [-0.1, -0.05) is 6.92 Å². The molecule has 1 aliphatic carbocycles. The molecule has 5 heterocycles. The van der Waals surface area contributed by atoms with Gasteiger partial charge < -0.3 is 44.1 Å². The van der Waals surface area contributed by atoms with Crippen molar-refractivity contribution in [3.8, 4) is 0 Å². The zero-order valence-electron chi connectivity index (χ0n) is 20.1. The van der Waals surface area contributed by atoms with Crippen molar-refractivity contribution < 1.29 is 58.7 Å². The van der Waals surface area contributed by atoms with Crippen LogP contribution in [0.25, 0.3) is 0 Å². The molecule has 0 amide bonds. The molecule has 12 nitrogen and oxygen atoms in total. The summed E-state index contributed by atoms with van der Waals surface area (Å²) < 4.78 is 29.6. The highest BCUT2D eigenvalue weighted by atomic mass is 17.3. The van der Waals surface area contributed by atoms with Crippen LogP contribution in [0, 0.1) is 23.7 Å². The van der Waals surface area contributed by atoms with Gasteiger partial charge in [-0.25, -0.2) is 14.6 Å². The van der Waals surface area contributed by atoms with E-state index in [-0.39, 0.29) is 30.3 Å². The van der Waals surface area contributed by atoms with Crippen LogP contribution in [0.3, 0.4) is 0 Å². The van der Waals surface area contributed by atoms with E-state index in [1.165, 1.54) is 0 Å². The summed E-state index contributed by atoms with van der Waals surface area (Å²) in [4.78, 5) is 23.4. The van der Waals surface area contributed by atoms with Crippen molar-refractivity contribution >= 4 is 5.97 Å². The van der Waals surface area contributed by atoms with Gasteiger partial charge in [-0.05, 0) is 39.0 Å². The standard InChI is InChI=1S/C23H36O12/c1-4-29-19-10(2)12-6-5-11(9-30-20-16(26)14(24)15(25)17(31-20)18(27)28)13-7-8-22(3)33-21(32-19)23(12,13)35-34-22/h10-17,19-21,24-26H,4-9H2,1-3H3,(H,27,28)/t10-,11+,12+,13+,14+,15+,16-,17+,19+,20-,21-,22-,23+/m1/s1. The lowest BCUT2D eigenvalue weighted by atomic mass is 9.58. The minimum absolute atomic E-state index is 0.0293. The summed E-state index contributed by atoms with van der Waals surface area (Å²) in [6.07, 6.45) is -6.46. The first kappa shape index (κ1) is 25.7. The fourth-order valence-corrected chi connectivity index (χ4v) is 6.66. The van der Waals surface area contributed by atoms with Crippen LogP contribution in [0.4, 0.5) is 0 Å². The fraction of sp³-hybridized carbons (Fsp3) is 0.957. The molecule has 5 saturated heterocycles. The molecule has 6 rings (SSSR count). The fourth-order valence-electron chi connectivity index (χ4n) is 6.66. The van der Waals surface area contributed by atoms with Gasteiger partial charge in [0, 0.05) is 30.8 Å². The normalized spacial score (nSPS) is 53.6. The number of carboxylic acids is 1. The Bertz CT molecular complexity index is 796. The van der Waals surface area contributed by atoms with Gasteiger partial charge in [0.15, 0.2) is 30.6 Å². The second-order valence-electron chi connectivity index (χ2n) is 10.6. The molecule has 1 saturated carbocycles. The number of rotatable bonds is 6. The lowest BCUT2D eigenvalue weighted by Crippen LogP contribution is -2.71. The summed E-state index contributed by atoms with van der Waals surface area (Å²) in [5.74, 6) is -2.48. The second-order valence-corrected chi connectivity index (χ2v) is 10.6. The highest BCUT2D eigenvalue weighted by molar-refractivity contribution is 5.73. The first-order valence-electron chi connectivity index (χ1n) is 12.5. The number of aliphatic hydroxyl groups excluding tert-OH is 3. The van der Waals surface area contributed by atoms with E-state index in [1.54, 1.807) is 0 Å². The minimum Gasteiger partial charge on any atom is -0.479 e. The Morgan fingerprint density at radius 1 is 0.971 bits per heavy atom. The largest absolute Gasteiger partial charge is 0.479 e. The molecule has 0 aromatic carbocycles. The lowest BCUT2D eigenvalue weighted by molar-refractivity contribution is -0.577. The third-order valence-corrected chi connectivity index (χ3v) is 8.51. The second kappa shape index (κ2) is 9.43. The Morgan fingerprint density at radius 2 is 1.74 bits per heavy atom. The topological polar surface area (TPSA) is 163 Å². The smallest absolute Gasteiger partial charge is 0.335 e. The van der Waals surface area contributed by atoms with E-state index in [0.717, 1.165) is 19.3 Å². The Balaban J connectivity index is 1.36. The first-order valence-corrected chi connectivity index (χ1v) is 12.5. The number of hydrogen-bond donors (Lipinski definition) is 4. The Hall–Kier alpha value is -0.930. The Labute approximate surface area is 203 Å². The van der Waals surface area contributed by atoms with Crippen LogP contribution in [-0.4, -0.2) is 94.3 Å². The van der Waals surface area contributed by atoms with Gasteiger partial charge in [0.25, 0.3) is 0 Å². The monoisotopic (exact) mass is 504 g/mol. The molecule has 6 fully saturated rings. The molecule has 6 aliphatic rings. The van der Waals surface area contributed by atoms with Crippen molar-refractivity contribution in [2.75, 3.05) is 13.2 Å². The van der Waals surface area contributed by atoms with Gasteiger partial charge in [-0.15, -0.1) is 0 Å². The highest BCUT2D eigenvalue weighted by Gasteiger charge is 2.70. The third-order valence-electron chi connectivity index (χ3n) is 8.51. The maximum atomic E-state index is 11.4. The van der Waals surface area contributed by atoms with Gasteiger partial charge >= 0.3 is 5.97 Å². The predicted molar refractivity (Wildman–Crippen MR) is 113 cm³/mol. The average Bonchev–Trinajstić information content (AvgIpc) is 3.05. The molecule has 200 valence electrons. The summed E-state index contributed by atoms with van der Waals surface area (Å²) in [7, 11) is 0. The number of carbonyl (C=O) groups is 1. The van der Waals surface area contributed by atoms with E-state index in [4.69, 9.17) is 33.5 Å².